The van der Waals surface area contributed by atoms with Gasteiger partial charge in [-0.1, -0.05) is 13.8 Å². The standard InChI is InChI=1S/C12H24N4/c1-10(2)12(13)6-8-15(3)9-11-5-7-14-16(11)4/h5,7,10,12H,6,8-9,13H2,1-4H3. The highest BCUT2D eigenvalue weighted by Crippen LogP contribution is 2.06. The van der Waals surface area contributed by atoms with Gasteiger partial charge >= 0.3 is 0 Å². The summed E-state index contributed by atoms with van der Waals surface area (Å²) in [5, 5.41) is 4.16. The van der Waals surface area contributed by atoms with Crippen molar-refractivity contribution in [1.29, 1.82) is 0 Å². The van der Waals surface area contributed by atoms with Crippen LogP contribution in [-0.4, -0.2) is 34.3 Å². The molecule has 1 unspecified atom stereocenters. The topological polar surface area (TPSA) is 47.1 Å². The first-order chi connectivity index (χ1) is 7.50. The molecule has 1 aromatic heterocycles. The molecule has 0 saturated heterocycles. The lowest BCUT2D eigenvalue weighted by Gasteiger charge is -2.21. The van der Waals surface area contributed by atoms with Crippen LogP contribution in [0.15, 0.2) is 12.3 Å². The largest absolute Gasteiger partial charge is 0.327 e. The van der Waals surface area contributed by atoms with Crippen molar-refractivity contribution in [3.63, 3.8) is 0 Å². The second kappa shape index (κ2) is 6.01. The molecule has 4 nitrogen and oxygen atoms in total. The number of hydrogen-bond acceptors (Lipinski definition) is 3. The monoisotopic (exact) mass is 224 g/mol. The number of aryl methyl sites for hydroxylation is 1. The van der Waals surface area contributed by atoms with Gasteiger partial charge in [-0.05, 0) is 32.0 Å². The highest BCUT2D eigenvalue weighted by molar-refractivity contribution is 4.99. The van der Waals surface area contributed by atoms with E-state index in [1.165, 1.54) is 5.69 Å². The Morgan fingerprint density at radius 1 is 1.50 bits per heavy atom. The van der Waals surface area contributed by atoms with Gasteiger partial charge in [0.15, 0.2) is 0 Å². The molecule has 16 heavy (non-hydrogen) atoms. The quantitative estimate of drug-likeness (QED) is 0.790. The Bertz CT molecular complexity index is 306. The lowest BCUT2D eigenvalue weighted by atomic mass is 10.0. The summed E-state index contributed by atoms with van der Waals surface area (Å²) in [5.74, 6) is 0.560. The smallest absolute Gasteiger partial charge is 0.0520 e. The molecule has 1 heterocycles. The van der Waals surface area contributed by atoms with Crippen LogP contribution in [0, 0.1) is 5.92 Å². The van der Waals surface area contributed by atoms with Crippen molar-refractivity contribution in [1.82, 2.24) is 14.7 Å². The van der Waals surface area contributed by atoms with Gasteiger partial charge in [0.05, 0.1) is 5.69 Å². The van der Waals surface area contributed by atoms with Gasteiger partial charge in [-0.15, -0.1) is 0 Å². The Morgan fingerprint density at radius 2 is 2.19 bits per heavy atom. The number of aromatic nitrogens is 2. The summed E-state index contributed by atoms with van der Waals surface area (Å²) in [6.07, 6.45) is 2.88. The fourth-order valence-electron chi connectivity index (χ4n) is 1.61. The maximum absolute atomic E-state index is 6.02. The SMILES string of the molecule is CC(C)C(N)CCN(C)Cc1ccnn1C. The predicted molar refractivity (Wildman–Crippen MR) is 67.0 cm³/mol. The highest BCUT2D eigenvalue weighted by Gasteiger charge is 2.09. The second-order valence-corrected chi connectivity index (χ2v) is 4.88. The zero-order valence-electron chi connectivity index (χ0n) is 10.8. The molecular weight excluding hydrogens is 200 g/mol. The van der Waals surface area contributed by atoms with Gasteiger partial charge in [0.2, 0.25) is 0 Å². The average Bonchev–Trinajstić information content (AvgIpc) is 2.60. The lowest BCUT2D eigenvalue weighted by molar-refractivity contribution is 0.289. The molecular formula is C12H24N4. The molecule has 1 atom stereocenters. The molecule has 0 radical (unpaired) electrons. The Morgan fingerprint density at radius 3 is 2.69 bits per heavy atom. The molecule has 0 aliphatic carbocycles. The molecule has 0 aliphatic heterocycles. The summed E-state index contributed by atoms with van der Waals surface area (Å²) < 4.78 is 1.92. The minimum Gasteiger partial charge on any atom is -0.327 e. The molecule has 0 amide bonds. The van der Waals surface area contributed by atoms with Crippen molar-refractivity contribution in [3.8, 4) is 0 Å². The van der Waals surface area contributed by atoms with Crippen molar-refractivity contribution in [2.24, 2.45) is 18.7 Å². The van der Waals surface area contributed by atoms with E-state index in [4.69, 9.17) is 5.73 Å². The summed E-state index contributed by atoms with van der Waals surface area (Å²) in [5.41, 5.74) is 7.26. The zero-order chi connectivity index (χ0) is 12.1. The van der Waals surface area contributed by atoms with Crippen LogP contribution in [0.5, 0.6) is 0 Å². The highest BCUT2D eigenvalue weighted by atomic mass is 15.3. The normalized spacial score (nSPS) is 13.7. The van der Waals surface area contributed by atoms with Gasteiger partial charge in [0, 0.05) is 25.8 Å². The van der Waals surface area contributed by atoms with Crippen molar-refractivity contribution in [3.05, 3.63) is 18.0 Å². The molecule has 1 rings (SSSR count). The minimum atomic E-state index is 0.300. The van der Waals surface area contributed by atoms with E-state index >= 15 is 0 Å². The van der Waals surface area contributed by atoms with E-state index in [1.54, 1.807) is 0 Å². The maximum Gasteiger partial charge on any atom is 0.0520 e. The molecule has 0 bridgehead atoms. The van der Waals surface area contributed by atoms with Gasteiger partial charge in [0.25, 0.3) is 0 Å². The summed E-state index contributed by atoms with van der Waals surface area (Å²) in [6.45, 7) is 6.31. The van der Waals surface area contributed by atoms with Gasteiger partial charge < -0.3 is 10.6 Å². The molecule has 0 fully saturated rings. The number of nitrogens with two attached hydrogens (primary N) is 1. The third kappa shape index (κ3) is 3.94. The van der Waals surface area contributed by atoms with Crippen LogP contribution in [0.25, 0.3) is 0 Å². The van der Waals surface area contributed by atoms with Crippen LogP contribution in [-0.2, 0) is 13.6 Å². The van der Waals surface area contributed by atoms with Crippen LogP contribution < -0.4 is 5.73 Å². The number of nitrogens with zero attached hydrogens (tertiary/aromatic N) is 3. The molecule has 2 N–H and O–H groups in total. The van der Waals surface area contributed by atoms with Crippen LogP contribution >= 0.6 is 0 Å². The predicted octanol–water partition coefficient (Wildman–Crippen LogP) is 1.23. The number of hydrogen-bond donors (Lipinski definition) is 1. The third-order valence-corrected chi connectivity index (χ3v) is 3.05. The van der Waals surface area contributed by atoms with Crippen LogP contribution in [0.3, 0.4) is 0 Å². The second-order valence-electron chi connectivity index (χ2n) is 4.88. The molecule has 0 spiro atoms. The Balaban J connectivity index is 2.31. The minimum absolute atomic E-state index is 0.300. The molecule has 0 saturated carbocycles. The van der Waals surface area contributed by atoms with Gasteiger partial charge in [-0.2, -0.15) is 5.10 Å². The first kappa shape index (κ1) is 13.2. The van der Waals surface area contributed by atoms with E-state index < -0.39 is 0 Å². The van der Waals surface area contributed by atoms with E-state index in [0.717, 1.165) is 19.5 Å². The Hall–Kier alpha value is -0.870. The van der Waals surface area contributed by atoms with E-state index in [9.17, 15) is 0 Å². The summed E-state index contributed by atoms with van der Waals surface area (Å²) in [6, 6.07) is 2.35. The lowest BCUT2D eigenvalue weighted by Crippen LogP contribution is -2.31. The van der Waals surface area contributed by atoms with Crippen molar-refractivity contribution < 1.29 is 0 Å². The van der Waals surface area contributed by atoms with E-state index in [1.807, 2.05) is 17.9 Å². The zero-order valence-corrected chi connectivity index (χ0v) is 10.8. The molecule has 4 heteroatoms. The third-order valence-electron chi connectivity index (χ3n) is 3.05. The van der Waals surface area contributed by atoms with Crippen LogP contribution in [0.2, 0.25) is 0 Å². The fraction of sp³-hybridized carbons (Fsp3) is 0.750. The van der Waals surface area contributed by atoms with Crippen molar-refractivity contribution >= 4 is 0 Å². The first-order valence-electron chi connectivity index (χ1n) is 5.91. The van der Waals surface area contributed by atoms with Gasteiger partial charge in [-0.3, -0.25) is 4.68 Å². The van der Waals surface area contributed by atoms with Crippen molar-refractivity contribution in [2.45, 2.75) is 32.9 Å². The Kier molecular flexibility index (Phi) is 4.96. The van der Waals surface area contributed by atoms with E-state index in [-0.39, 0.29) is 0 Å². The van der Waals surface area contributed by atoms with Crippen LogP contribution in [0.4, 0.5) is 0 Å². The molecule has 92 valence electrons. The summed E-state index contributed by atoms with van der Waals surface area (Å²) in [4.78, 5) is 2.29. The first-order valence-corrected chi connectivity index (χ1v) is 5.91. The number of rotatable bonds is 6. The molecule has 0 aromatic carbocycles. The van der Waals surface area contributed by atoms with Gasteiger partial charge in [-0.25, -0.2) is 0 Å². The molecule has 0 aliphatic rings. The fourth-order valence-corrected chi connectivity index (χ4v) is 1.61. The van der Waals surface area contributed by atoms with Gasteiger partial charge in [0.1, 0.15) is 0 Å². The Labute approximate surface area is 98.4 Å². The van der Waals surface area contributed by atoms with E-state index in [0.29, 0.717) is 12.0 Å². The summed E-state index contributed by atoms with van der Waals surface area (Å²) in [7, 11) is 4.10. The van der Waals surface area contributed by atoms with E-state index in [2.05, 4.69) is 37.0 Å². The molecule has 1 aromatic rings. The van der Waals surface area contributed by atoms with Crippen LogP contribution in [0.1, 0.15) is 26.0 Å². The summed E-state index contributed by atoms with van der Waals surface area (Å²) >= 11 is 0. The van der Waals surface area contributed by atoms with Crippen molar-refractivity contribution in [2.75, 3.05) is 13.6 Å². The maximum atomic E-state index is 6.02. The average molecular weight is 224 g/mol.